The number of benzene rings is 2. The van der Waals surface area contributed by atoms with Gasteiger partial charge in [-0.1, -0.05) is 31.2 Å². The number of ether oxygens (including phenoxy) is 1. The van der Waals surface area contributed by atoms with Gasteiger partial charge < -0.3 is 4.74 Å². The fourth-order valence-corrected chi connectivity index (χ4v) is 2.69. The lowest BCUT2D eigenvalue weighted by Gasteiger charge is -2.14. The number of nitrogens with one attached hydrogen (secondary N) is 2. The number of para-hydroxylation sites is 1. The van der Waals surface area contributed by atoms with Crippen LogP contribution in [0.25, 0.3) is 10.9 Å². The molecule has 140 valence electrons. The van der Waals surface area contributed by atoms with E-state index in [0.717, 1.165) is 6.42 Å². The van der Waals surface area contributed by atoms with Crippen molar-refractivity contribution in [3.05, 3.63) is 64.4 Å². The lowest BCUT2D eigenvalue weighted by atomic mass is 10.2. The molecule has 1 aromatic heterocycles. The molecule has 2 aromatic carbocycles. The first kappa shape index (κ1) is 18.4. The van der Waals surface area contributed by atoms with Crippen LogP contribution in [-0.4, -0.2) is 22.1 Å². The van der Waals surface area contributed by atoms with Crippen LogP contribution in [0.15, 0.2) is 53.3 Å². The molecule has 0 unspecified atom stereocenters. The van der Waals surface area contributed by atoms with Gasteiger partial charge in [-0.05, 0) is 43.2 Å². The highest BCUT2D eigenvalue weighted by atomic mass is 16.5. The van der Waals surface area contributed by atoms with Gasteiger partial charge in [0.15, 0.2) is 6.61 Å². The number of hydrogen-bond donors (Lipinski definition) is 2. The van der Waals surface area contributed by atoms with Crippen LogP contribution >= 0.6 is 0 Å². The van der Waals surface area contributed by atoms with Gasteiger partial charge in [-0.25, -0.2) is 4.98 Å². The summed E-state index contributed by atoms with van der Waals surface area (Å²) in [4.78, 5) is 29.0. The normalized spacial score (nSPS) is 10.6. The Hall–Kier alpha value is -3.35. The highest BCUT2D eigenvalue weighted by Gasteiger charge is 2.10. The van der Waals surface area contributed by atoms with Crippen LogP contribution < -0.4 is 21.1 Å². The quantitative estimate of drug-likeness (QED) is 0.628. The molecule has 1 amide bonds. The third-order valence-corrected chi connectivity index (χ3v) is 4.19. The first-order chi connectivity index (χ1) is 13.1. The van der Waals surface area contributed by atoms with Crippen molar-refractivity contribution in [2.75, 3.05) is 12.0 Å². The van der Waals surface area contributed by atoms with Crippen LogP contribution in [-0.2, 0) is 17.8 Å². The number of aromatic nitrogens is 2. The van der Waals surface area contributed by atoms with Crippen LogP contribution in [0, 0.1) is 0 Å². The van der Waals surface area contributed by atoms with E-state index < -0.39 is 0 Å². The molecule has 0 bridgehead atoms. The van der Waals surface area contributed by atoms with E-state index in [4.69, 9.17) is 4.74 Å². The number of hydrazine groups is 1. The number of hydrogen-bond acceptors (Lipinski definition) is 5. The second kappa shape index (κ2) is 8.35. The van der Waals surface area contributed by atoms with E-state index >= 15 is 0 Å². The van der Waals surface area contributed by atoms with Gasteiger partial charge in [0.05, 0.1) is 10.9 Å². The minimum Gasteiger partial charge on any atom is -0.484 e. The Morgan fingerprint density at radius 3 is 2.56 bits per heavy atom. The third-order valence-electron chi connectivity index (χ3n) is 4.19. The van der Waals surface area contributed by atoms with Gasteiger partial charge in [0.1, 0.15) is 5.75 Å². The van der Waals surface area contributed by atoms with Crippen molar-refractivity contribution in [2.45, 2.75) is 26.8 Å². The standard InChI is InChI=1S/C20H22N4O3/c1-3-14-9-11-15(12-10-14)27-13-18(25)22-23-20-21-17-8-6-5-7-16(17)19(26)24(20)4-2/h5-12H,3-4,13H2,1-2H3,(H,21,23)(H,22,25). The number of carbonyl (C=O) groups is 1. The number of fused-ring (bicyclic) bond motifs is 1. The van der Waals surface area contributed by atoms with Crippen LogP contribution in [0.3, 0.4) is 0 Å². The van der Waals surface area contributed by atoms with Gasteiger partial charge >= 0.3 is 0 Å². The van der Waals surface area contributed by atoms with E-state index in [2.05, 4.69) is 22.8 Å². The average molecular weight is 366 g/mol. The Morgan fingerprint density at radius 1 is 1.11 bits per heavy atom. The Kier molecular flexibility index (Phi) is 5.71. The molecule has 0 saturated heterocycles. The molecule has 1 heterocycles. The van der Waals surface area contributed by atoms with Gasteiger partial charge in [0.25, 0.3) is 11.5 Å². The number of aryl methyl sites for hydroxylation is 1. The number of nitrogens with zero attached hydrogens (tertiary/aromatic N) is 2. The zero-order chi connectivity index (χ0) is 19.2. The molecule has 0 aliphatic rings. The summed E-state index contributed by atoms with van der Waals surface area (Å²) in [6.45, 7) is 4.19. The molecule has 0 radical (unpaired) electrons. The predicted octanol–water partition coefficient (Wildman–Crippen LogP) is 2.50. The van der Waals surface area contributed by atoms with E-state index in [1.54, 1.807) is 18.2 Å². The smallest absolute Gasteiger partial charge is 0.276 e. The Morgan fingerprint density at radius 2 is 1.85 bits per heavy atom. The summed E-state index contributed by atoms with van der Waals surface area (Å²) in [5, 5.41) is 0.537. The molecule has 2 N–H and O–H groups in total. The molecular weight excluding hydrogens is 344 g/mol. The summed E-state index contributed by atoms with van der Waals surface area (Å²) in [6.07, 6.45) is 0.947. The summed E-state index contributed by atoms with van der Waals surface area (Å²) < 4.78 is 6.93. The summed E-state index contributed by atoms with van der Waals surface area (Å²) in [5.74, 6) is 0.526. The highest BCUT2D eigenvalue weighted by molar-refractivity contribution is 5.80. The molecule has 7 nitrogen and oxygen atoms in total. The fourth-order valence-electron chi connectivity index (χ4n) is 2.69. The lowest BCUT2D eigenvalue weighted by Crippen LogP contribution is -2.37. The molecule has 3 aromatic rings. The van der Waals surface area contributed by atoms with Gasteiger partial charge in [-0.3, -0.25) is 25.0 Å². The number of carbonyl (C=O) groups excluding carboxylic acids is 1. The average Bonchev–Trinajstić information content (AvgIpc) is 2.71. The Balaban J connectivity index is 1.65. The van der Waals surface area contributed by atoms with E-state index in [0.29, 0.717) is 23.2 Å². The molecule has 0 spiro atoms. The third kappa shape index (κ3) is 4.25. The second-order valence-corrected chi connectivity index (χ2v) is 5.96. The van der Waals surface area contributed by atoms with Gasteiger partial charge in [0.2, 0.25) is 5.95 Å². The molecule has 3 rings (SSSR count). The SMILES string of the molecule is CCc1ccc(OCC(=O)NNc2nc3ccccc3c(=O)n2CC)cc1. The van der Waals surface area contributed by atoms with Gasteiger partial charge in [-0.2, -0.15) is 0 Å². The first-order valence-electron chi connectivity index (χ1n) is 8.88. The van der Waals surface area contributed by atoms with E-state index in [1.165, 1.54) is 10.1 Å². The van der Waals surface area contributed by atoms with Crippen molar-refractivity contribution in [3.8, 4) is 5.75 Å². The molecule has 7 heteroatoms. The summed E-state index contributed by atoms with van der Waals surface area (Å²) >= 11 is 0. The monoisotopic (exact) mass is 366 g/mol. The topological polar surface area (TPSA) is 85.2 Å². The van der Waals surface area contributed by atoms with Crippen molar-refractivity contribution in [3.63, 3.8) is 0 Å². The maximum absolute atomic E-state index is 12.5. The van der Waals surface area contributed by atoms with Crippen LogP contribution in [0.4, 0.5) is 5.95 Å². The number of anilines is 1. The lowest BCUT2D eigenvalue weighted by molar-refractivity contribution is -0.122. The van der Waals surface area contributed by atoms with Crippen molar-refractivity contribution in [1.29, 1.82) is 0 Å². The first-order valence-corrected chi connectivity index (χ1v) is 8.88. The maximum atomic E-state index is 12.5. The van der Waals surface area contributed by atoms with E-state index in [-0.39, 0.29) is 24.0 Å². The molecular formula is C20H22N4O3. The maximum Gasteiger partial charge on any atom is 0.276 e. The molecule has 0 aliphatic heterocycles. The molecule has 0 saturated carbocycles. The van der Waals surface area contributed by atoms with Crippen molar-refractivity contribution < 1.29 is 9.53 Å². The fraction of sp³-hybridized carbons (Fsp3) is 0.250. The summed E-state index contributed by atoms with van der Waals surface area (Å²) in [6, 6.07) is 14.7. The van der Waals surface area contributed by atoms with Crippen molar-refractivity contribution in [1.82, 2.24) is 15.0 Å². The van der Waals surface area contributed by atoms with Gasteiger partial charge in [-0.15, -0.1) is 0 Å². The zero-order valence-electron chi connectivity index (χ0n) is 15.4. The van der Waals surface area contributed by atoms with Crippen LogP contribution in [0.2, 0.25) is 0 Å². The second-order valence-electron chi connectivity index (χ2n) is 5.96. The van der Waals surface area contributed by atoms with Crippen molar-refractivity contribution >= 4 is 22.8 Å². The summed E-state index contributed by atoms with van der Waals surface area (Å²) in [7, 11) is 0. The molecule has 0 aliphatic carbocycles. The minimum atomic E-state index is -0.375. The van der Waals surface area contributed by atoms with E-state index in [9.17, 15) is 9.59 Å². The Bertz CT molecular complexity index is 996. The number of rotatable bonds is 7. The highest BCUT2D eigenvalue weighted by Crippen LogP contribution is 2.12. The van der Waals surface area contributed by atoms with Crippen molar-refractivity contribution in [2.24, 2.45) is 0 Å². The minimum absolute atomic E-state index is 0.150. The summed E-state index contributed by atoms with van der Waals surface area (Å²) in [5.41, 5.74) is 6.85. The zero-order valence-corrected chi connectivity index (χ0v) is 15.4. The largest absolute Gasteiger partial charge is 0.484 e. The van der Waals surface area contributed by atoms with Crippen LogP contribution in [0.5, 0.6) is 5.75 Å². The molecule has 0 fully saturated rings. The predicted molar refractivity (Wildman–Crippen MR) is 105 cm³/mol. The van der Waals surface area contributed by atoms with Crippen LogP contribution in [0.1, 0.15) is 19.4 Å². The number of amides is 1. The molecule has 27 heavy (non-hydrogen) atoms. The van der Waals surface area contributed by atoms with E-state index in [1.807, 2.05) is 37.3 Å². The van der Waals surface area contributed by atoms with Gasteiger partial charge in [0, 0.05) is 6.54 Å². The molecule has 0 atom stereocenters. The Labute approximate surface area is 157 Å².